The van der Waals surface area contributed by atoms with E-state index >= 15 is 0 Å². The molecule has 166 valence electrons. The number of anilines is 2. The van der Waals surface area contributed by atoms with Crippen LogP contribution in [0.25, 0.3) is 32.1 Å². The normalized spacial score (nSPS) is 11.3. The van der Waals surface area contributed by atoms with E-state index in [1.807, 2.05) is 55.7 Å². The number of rotatable bonds is 6. The van der Waals surface area contributed by atoms with Crippen molar-refractivity contribution in [2.75, 3.05) is 18.1 Å². The van der Waals surface area contributed by atoms with Crippen molar-refractivity contribution >= 4 is 61.3 Å². The van der Waals surface area contributed by atoms with Gasteiger partial charge in [0.15, 0.2) is 0 Å². The zero-order valence-corrected chi connectivity index (χ0v) is 19.5. The van der Waals surface area contributed by atoms with Crippen molar-refractivity contribution in [3.05, 3.63) is 82.3 Å². The van der Waals surface area contributed by atoms with E-state index in [2.05, 4.69) is 27.4 Å². The number of carboxylic acid groups (broad SMARTS) is 1. The molecule has 0 fully saturated rings. The number of nitrogens with one attached hydrogen (secondary N) is 1. The van der Waals surface area contributed by atoms with Crippen LogP contribution in [0.15, 0.2) is 66.2 Å². The summed E-state index contributed by atoms with van der Waals surface area (Å²) in [6.45, 7) is 0.624. The maximum atomic E-state index is 11.5. The summed E-state index contributed by atoms with van der Waals surface area (Å²) in [6, 6.07) is 17.9. The van der Waals surface area contributed by atoms with Gasteiger partial charge in [-0.3, -0.25) is 4.79 Å². The van der Waals surface area contributed by atoms with E-state index in [-0.39, 0.29) is 6.42 Å². The standard InChI is InChI=1S/C26H22ClN3O2S/c1-29-21-7-16(6-20(28)11-21)15-2-4-22-17(9-26(31)32)12-30(24(22)8-15)13-18-14-33-25-5-3-19(27)10-23(18)25/h2-8,10-12,14,29H,9,13,28H2,1H3,(H,31,32). The van der Waals surface area contributed by atoms with Gasteiger partial charge < -0.3 is 20.7 Å². The van der Waals surface area contributed by atoms with Crippen LogP contribution < -0.4 is 11.1 Å². The van der Waals surface area contributed by atoms with Crippen LogP contribution in [0.1, 0.15) is 11.1 Å². The Morgan fingerprint density at radius 3 is 2.70 bits per heavy atom. The molecule has 0 radical (unpaired) electrons. The maximum absolute atomic E-state index is 11.5. The lowest BCUT2D eigenvalue weighted by Gasteiger charge is -2.10. The van der Waals surface area contributed by atoms with Gasteiger partial charge in [0.1, 0.15) is 0 Å². The number of carboxylic acids is 1. The number of hydrogen-bond acceptors (Lipinski definition) is 4. The molecule has 5 nitrogen and oxygen atoms in total. The van der Waals surface area contributed by atoms with Gasteiger partial charge in [-0.05, 0) is 75.5 Å². The first-order valence-corrected chi connectivity index (χ1v) is 11.7. The van der Waals surface area contributed by atoms with Crippen LogP contribution in [0.5, 0.6) is 0 Å². The van der Waals surface area contributed by atoms with E-state index in [1.54, 1.807) is 11.3 Å². The summed E-state index contributed by atoms with van der Waals surface area (Å²) < 4.78 is 3.31. The molecular weight excluding hydrogens is 454 g/mol. The molecule has 7 heteroatoms. The van der Waals surface area contributed by atoms with Crippen molar-refractivity contribution in [1.29, 1.82) is 0 Å². The molecule has 0 bridgehead atoms. The van der Waals surface area contributed by atoms with Crippen molar-refractivity contribution in [2.24, 2.45) is 0 Å². The Labute approximate surface area is 200 Å². The molecule has 0 atom stereocenters. The number of fused-ring (bicyclic) bond motifs is 2. The predicted molar refractivity (Wildman–Crippen MR) is 139 cm³/mol. The zero-order chi connectivity index (χ0) is 23.1. The summed E-state index contributed by atoms with van der Waals surface area (Å²) in [4.78, 5) is 11.5. The van der Waals surface area contributed by atoms with E-state index in [9.17, 15) is 9.90 Å². The lowest BCUT2D eigenvalue weighted by molar-refractivity contribution is -0.136. The molecule has 2 heterocycles. The highest BCUT2D eigenvalue weighted by Crippen LogP contribution is 2.33. The number of aliphatic carboxylic acids is 1. The Kier molecular flexibility index (Phi) is 5.48. The Balaban J connectivity index is 1.65. The maximum Gasteiger partial charge on any atom is 0.307 e. The number of nitrogen functional groups attached to an aromatic ring is 1. The van der Waals surface area contributed by atoms with Crippen molar-refractivity contribution in [3.63, 3.8) is 0 Å². The fraction of sp³-hybridized carbons (Fsp3) is 0.115. The Bertz CT molecular complexity index is 1520. The van der Waals surface area contributed by atoms with Crippen LogP contribution >= 0.6 is 22.9 Å². The minimum Gasteiger partial charge on any atom is -0.481 e. The highest BCUT2D eigenvalue weighted by atomic mass is 35.5. The van der Waals surface area contributed by atoms with Crippen LogP contribution in [0, 0.1) is 0 Å². The third-order valence-corrected chi connectivity index (χ3v) is 7.09. The van der Waals surface area contributed by atoms with Gasteiger partial charge in [0, 0.05) is 51.8 Å². The Morgan fingerprint density at radius 2 is 1.91 bits per heavy atom. The van der Waals surface area contributed by atoms with Crippen LogP contribution in [0.2, 0.25) is 5.02 Å². The second kappa shape index (κ2) is 8.46. The number of benzene rings is 3. The molecule has 0 aliphatic rings. The van der Waals surface area contributed by atoms with Crippen molar-refractivity contribution in [2.45, 2.75) is 13.0 Å². The van der Waals surface area contributed by atoms with Crippen LogP contribution in [-0.4, -0.2) is 22.7 Å². The zero-order valence-electron chi connectivity index (χ0n) is 17.9. The summed E-state index contributed by atoms with van der Waals surface area (Å²) in [5.74, 6) is -0.847. The van der Waals surface area contributed by atoms with Gasteiger partial charge in [0.2, 0.25) is 0 Å². The van der Waals surface area contributed by atoms with Crippen molar-refractivity contribution < 1.29 is 9.90 Å². The average molecular weight is 476 g/mol. The lowest BCUT2D eigenvalue weighted by atomic mass is 10.0. The highest BCUT2D eigenvalue weighted by Gasteiger charge is 2.15. The third-order valence-electron chi connectivity index (χ3n) is 5.84. The van der Waals surface area contributed by atoms with E-state index in [0.29, 0.717) is 17.3 Å². The molecular formula is C26H22ClN3O2S. The fourth-order valence-corrected chi connectivity index (χ4v) is 5.41. The summed E-state index contributed by atoms with van der Waals surface area (Å²) in [5.41, 5.74) is 12.7. The Morgan fingerprint density at radius 1 is 1.06 bits per heavy atom. The quantitative estimate of drug-likeness (QED) is 0.246. The molecule has 0 aliphatic carbocycles. The first-order valence-electron chi connectivity index (χ1n) is 10.5. The summed E-state index contributed by atoms with van der Waals surface area (Å²) in [5, 5.41) is 17.5. The fourth-order valence-electron chi connectivity index (χ4n) is 4.30. The van der Waals surface area contributed by atoms with Crippen LogP contribution in [0.4, 0.5) is 11.4 Å². The number of hydrogen-bond donors (Lipinski definition) is 3. The second-order valence-corrected chi connectivity index (χ2v) is 9.43. The van der Waals surface area contributed by atoms with Gasteiger partial charge in [-0.25, -0.2) is 0 Å². The number of carbonyl (C=O) groups is 1. The van der Waals surface area contributed by atoms with Gasteiger partial charge in [0.05, 0.1) is 6.42 Å². The van der Waals surface area contributed by atoms with Gasteiger partial charge in [-0.2, -0.15) is 0 Å². The van der Waals surface area contributed by atoms with Gasteiger partial charge in [-0.1, -0.05) is 23.7 Å². The van der Waals surface area contributed by atoms with Crippen molar-refractivity contribution in [3.8, 4) is 11.1 Å². The molecule has 0 saturated carbocycles. The number of nitrogens with two attached hydrogens (primary N) is 1. The molecule has 33 heavy (non-hydrogen) atoms. The number of thiophene rings is 1. The first kappa shape index (κ1) is 21.4. The van der Waals surface area contributed by atoms with Gasteiger partial charge in [-0.15, -0.1) is 11.3 Å². The molecule has 0 saturated heterocycles. The summed E-state index contributed by atoms with van der Waals surface area (Å²) >= 11 is 7.93. The van der Waals surface area contributed by atoms with E-state index in [1.165, 1.54) is 4.70 Å². The smallest absolute Gasteiger partial charge is 0.307 e. The molecule has 5 aromatic rings. The van der Waals surface area contributed by atoms with E-state index in [4.69, 9.17) is 17.3 Å². The van der Waals surface area contributed by atoms with Crippen molar-refractivity contribution in [1.82, 2.24) is 4.57 Å². The molecule has 0 aliphatic heterocycles. The first-order chi connectivity index (χ1) is 15.9. The Hall–Kier alpha value is -3.48. The highest BCUT2D eigenvalue weighted by molar-refractivity contribution is 7.17. The number of nitrogens with zero attached hydrogens (tertiary/aromatic N) is 1. The second-order valence-electron chi connectivity index (χ2n) is 8.08. The number of halogens is 1. The molecule has 5 rings (SSSR count). The molecule has 0 spiro atoms. The molecule has 0 unspecified atom stereocenters. The monoisotopic (exact) mass is 475 g/mol. The molecule has 0 amide bonds. The van der Waals surface area contributed by atoms with E-state index < -0.39 is 5.97 Å². The van der Waals surface area contributed by atoms with Crippen LogP contribution in [-0.2, 0) is 17.8 Å². The van der Waals surface area contributed by atoms with Crippen LogP contribution in [0.3, 0.4) is 0 Å². The molecule has 4 N–H and O–H groups in total. The predicted octanol–water partition coefficient (Wildman–Crippen LogP) is 6.48. The third kappa shape index (κ3) is 4.15. The topological polar surface area (TPSA) is 80.3 Å². The van der Waals surface area contributed by atoms with Gasteiger partial charge >= 0.3 is 5.97 Å². The average Bonchev–Trinajstić information content (AvgIpc) is 3.33. The summed E-state index contributed by atoms with van der Waals surface area (Å²) in [6.07, 6.45) is 1.93. The summed E-state index contributed by atoms with van der Waals surface area (Å²) in [7, 11) is 1.86. The molecule has 3 aromatic carbocycles. The molecule has 2 aromatic heterocycles. The SMILES string of the molecule is CNc1cc(N)cc(-c2ccc3c(CC(=O)O)cn(Cc4csc5ccc(Cl)cc45)c3c2)c1. The number of aromatic nitrogens is 1. The largest absolute Gasteiger partial charge is 0.481 e. The van der Waals surface area contributed by atoms with E-state index in [0.717, 1.165) is 44.2 Å². The minimum atomic E-state index is -0.847. The lowest BCUT2D eigenvalue weighted by Crippen LogP contribution is -2.00. The minimum absolute atomic E-state index is 0.0265. The van der Waals surface area contributed by atoms with Gasteiger partial charge in [0.25, 0.3) is 0 Å².